The molecule has 2 N–H and O–H groups in total. The van der Waals surface area contributed by atoms with Gasteiger partial charge in [0, 0.05) is 25.7 Å². The van der Waals surface area contributed by atoms with Crippen LogP contribution in [0.4, 0.5) is 24.7 Å². The molecule has 30 heavy (non-hydrogen) atoms. The number of halogens is 3. The molecule has 2 aromatic rings. The maximum absolute atomic E-state index is 13.9. The normalized spacial score (nSPS) is 15.1. The van der Waals surface area contributed by atoms with Crippen LogP contribution in [0.2, 0.25) is 0 Å². The third-order valence-electron chi connectivity index (χ3n) is 5.40. The van der Waals surface area contributed by atoms with Gasteiger partial charge < -0.3 is 4.90 Å². The zero-order valence-electron chi connectivity index (χ0n) is 17.0. The molecule has 2 heterocycles. The standard InChI is InChI=1S/C22H27F3N4O/c1-2-3-9-19(30)27-28-21-20(22(23,24)25)18(10-13-26-21)29-14-11-17(12-15-29)16-7-5-4-6-8-16/h4-8,10,13,17H,2-3,9,11-12,14-15H2,1H3,(H,26,28)(H,27,30). The van der Waals surface area contributed by atoms with E-state index in [1.807, 2.05) is 25.1 Å². The Hall–Kier alpha value is -2.77. The lowest BCUT2D eigenvalue weighted by atomic mass is 9.89. The number of amides is 1. The van der Waals surface area contributed by atoms with Crippen LogP contribution in [-0.2, 0) is 11.0 Å². The van der Waals surface area contributed by atoms with Crippen LogP contribution >= 0.6 is 0 Å². The summed E-state index contributed by atoms with van der Waals surface area (Å²) in [5, 5.41) is 0. The fourth-order valence-electron chi connectivity index (χ4n) is 3.80. The number of hydrogen-bond acceptors (Lipinski definition) is 4. The molecule has 162 valence electrons. The number of aromatic nitrogens is 1. The van der Waals surface area contributed by atoms with Gasteiger partial charge in [0.25, 0.3) is 0 Å². The summed E-state index contributed by atoms with van der Waals surface area (Å²) in [7, 11) is 0. The molecule has 0 aliphatic carbocycles. The Morgan fingerprint density at radius 2 is 1.87 bits per heavy atom. The smallest absolute Gasteiger partial charge is 0.371 e. The van der Waals surface area contributed by atoms with Gasteiger partial charge >= 0.3 is 6.18 Å². The van der Waals surface area contributed by atoms with E-state index in [2.05, 4.69) is 28.0 Å². The van der Waals surface area contributed by atoms with Crippen molar-refractivity contribution in [3.63, 3.8) is 0 Å². The number of nitrogens with zero attached hydrogens (tertiary/aromatic N) is 2. The number of hydrazine groups is 1. The lowest BCUT2D eigenvalue weighted by Crippen LogP contribution is -2.36. The molecule has 1 aliphatic rings. The first-order valence-corrected chi connectivity index (χ1v) is 10.3. The number of piperidine rings is 1. The number of carbonyl (C=O) groups is 1. The molecule has 0 atom stereocenters. The Bertz CT molecular complexity index is 834. The van der Waals surface area contributed by atoms with E-state index in [1.54, 1.807) is 4.90 Å². The molecule has 1 aliphatic heterocycles. The van der Waals surface area contributed by atoms with Crippen molar-refractivity contribution in [2.45, 2.75) is 51.1 Å². The molecular formula is C22H27F3N4O. The first-order chi connectivity index (χ1) is 14.4. The summed E-state index contributed by atoms with van der Waals surface area (Å²) in [6.45, 7) is 2.98. The average molecular weight is 420 g/mol. The van der Waals surface area contributed by atoms with Gasteiger partial charge in [-0.15, -0.1) is 0 Å². The first kappa shape index (κ1) is 21.9. The van der Waals surface area contributed by atoms with Crippen molar-refractivity contribution in [1.82, 2.24) is 10.4 Å². The summed E-state index contributed by atoms with van der Waals surface area (Å²) >= 11 is 0. The van der Waals surface area contributed by atoms with Gasteiger partial charge in [0.05, 0.1) is 5.69 Å². The molecule has 1 aromatic carbocycles. The number of hydrogen-bond donors (Lipinski definition) is 2. The zero-order chi connectivity index (χ0) is 21.6. The van der Waals surface area contributed by atoms with Gasteiger partial charge in [0.2, 0.25) is 5.91 Å². The Labute approximate surface area is 174 Å². The number of carbonyl (C=O) groups excluding carboxylic acids is 1. The summed E-state index contributed by atoms with van der Waals surface area (Å²) in [6, 6.07) is 11.5. The maximum atomic E-state index is 13.9. The quantitative estimate of drug-likeness (QED) is 0.611. The first-order valence-electron chi connectivity index (χ1n) is 10.3. The number of pyridine rings is 1. The number of nitrogens with one attached hydrogen (secondary N) is 2. The second-order valence-electron chi connectivity index (χ2n) is 7.50. The molecule has 1 fully saturated rings. The summed E-state index contributed by atoms with van der Waals surface area (Å²) in [5.74, 6) is -0.398. The molecule has 1 aromatic heterocycles. The van der Waals surface area contributed by atoms with Crippen molar-refractivity contribution >= 4 is 17.4 Å². The molecule has 0 spiro atoms. The van der Waals surface area contributed by atoms with Crippen molar-refractivity contribution in [2.75, 3.05) is 23.4 Å². The topological polar surface area (TPSA) is 57.3 Å². The van der Waals surface area contributed by atoms with Crippen LogP contribution in [-0.4, -0.2) is 24.0 Å². The molecular weight excluding hydrogens is 393 g/mol. The van der Waals surface area contributed by atoms with Crippen LogP contribution in [0.3, 0.4) is 0 Å². The Balaban J connectivity index is 1.75. The molecule has 0 bridgehead atoms. The van der Waals surface area contributed by atoms with E-state index >= 15 is 0 Å². The van der Waals surface area contributed by atoms with E-state index < -0.39 is 11.7 Å². The highest BCUT2D eigenvalue weighted by Gasteiger charge is 2.39. The van der Waals surface area contributed by atoms with Crippen LogP contribution in [0, 0.1) is 0 Å². The van der Waals surface area contributed by atoms with E-state index in [0.29, 0.717) is 25.4 Å². The summed E-state index contributed by atoms with van der Waals surface area (Å²) in [6.07, 6.45) is 0.0416. The molecule has 1 saturated heterocycles. The molecule has 5 nitrogen and oxygen atoms in total. The fourth-order valence-corrected chi connectivity index (χ4v) is 3.80. The van der Waals surface area contributed by atoms with Crippen LogP contribution in [0.5, 0.6) is 0 Å². The Kier molecular flexibility index (Phi) is 7.18. The van der Waals surface area contributed by atoms with Crippen molar-refractivity contribution in [1.29, 1.82) is 0 Å². The van der Waals surface area contributed by atoms with Crippen LogP contribution in [0.25, 0.3) is 0 Å². The molecule has 1 amide bonds. The summed E-state index contributed by atoms with van der Waals surface area (Å²) in [4.78, 5) is 17.4. The largest absolute Gasteiger partial charge is 0.422 e. The number of rotatable bonds is 7. The molecule has 3 rings (SSSR count). The molecule has 8 heteroatoms. The van der Waals surface area contributed by atoms with Gasteiger partial charge in [-0.05, 0) is 36.8 Å². The Morgan fingerprint density at radius 3 is 2.50 bits per heavy atom. The molecule has 0 unspecified atom stereocenters. The van der Waals surface area contributed by atoms with Crippen molar-refractivity contribution in [2.24, 2.45) is 0 Å². The lowest BCUT2D eigenvalue weighted by molar-refractivity contribution is -0.136. The van der Waals surface area contributed by atoms with Gasteiger partial charge in [0.1, 0.15) is 5.56 Å². The van der Waals surface area contributed by atoms with E-state index in [1.165, 1.54) is 17.8 Å². The minimum Gasteiger partial charge on any atom is -0.371 e. The van der Waals surface area contributed by atoms with E-state index in [0.717, 1.165) is 19.3 Å². The van der Waals surface area contributed by atoms with Crippen LogP contribution in [0.15, 0.2) is 42.6 Å². The van der Waals surface area contributed by atoms with Crippen LogP contribution < -0.4 is 15.8 Å². The van der Waals surface area contributed by atoms with Crippen molar-refractivity contribution in [3.05, 3.63) is 53.7 Å². The van der Waals surface area contributed by atoms with Crippen molar-refractivity contribution < 1.29 is 18.0 Å². The highest BCUT2D eigenvalue weighted by molar-refractivity contribution is 5.78. The summed E-state index contributed by atoms with van der Waals surface area (Å²) < 4.78 is 41.7. The zero-order valence-corrected chi connectivity index (χ0v) is 17.0. The highest BCUT2D eigenvalue weighted by atomic mass is 19.4. The van der Waals surface area contributed by atoms with E-state index in [4.69, 9.17) is 0 Å². The number of alkyl halides is 3. The number of anilines is 2. The second-order valence-corrected chi connectivity index (χ2v) is 7.50. The minimum atomic E-state index is -4.60. The monoisotopic (exact) mass is 420 g/mol. The summed E-state index contributed by atoms with van der Waals surface area (Å²) in [5.41, 5.74) is 5.19. The SMILES string of the molecule is CCCCC(=O)NNc1nccc(N2CCC(c3ccccc3)CC2)c1C(F)(F)F. The highest BCUT2D eigenvalue weighted by Crippen LogP contribution is 2.42. The third kappa shape index (κ3) is 5.43. The van der Waals surface area contributed by atoms with Crippen molar-refractivity contribution in [3.8, 4) is 0 Å². The minimum absolute atomic E-state index is 0.0920. The molecule has 0 radical (unpaired) electrons. The van der Waals surface area contributed by atoms with Gasteiger partial charge in [-0.2, -0.15) is 13.2 Å². The molecule has 0 saturated carbocycles. The lowest BCUT2D eigenvalue weighted by Gasteiger charge is -2.35. The van der Waals surface area contributed by atoms with E-state index in [9.17, 15) is 18.0 Å². The van der Waals surface area contributed by atoms with Gasteiger partial charge in [0.15, 0.2) is 5.82 Å². The predicted molar refractivity (Wildman–Crippen MR) is 111 cm³/mol. The van der Waals surface area contributed by atoms with Gasteiger partial charge in [-0.1, -0.05) is 43.7 Å². The second kappa shape index (κ2) is 9.82. The Morgan fingerprint density at radius 1 is 1.17 bits per heavy atom. The van der Waals surface area contributed by atoms with Gasteiger partial charge in [-0.25, -0.2) is 4.98 Å². The van der Waals surface area contributed by atoms with Gasteiger partial charge in [-0.3, -0.25) is 15.6 Å². The fraction of sp³-hybridized carbons (Fsp3) is 0.455. The van der Waals surface area contributed by atoms with E-state index in [-0.39, 0.29) is 23.8 Å². The van der Waals surface area contributed by atoms with Crippen LogP contribution in [0.1, 0.15) is 56.1 Å². The third-order valence-corrected chi connectivity index (χ3v) is 5.40. The average Bonchev–Trinajstić information content (AvgIpc) is 2.76. The number of benzene rings is 1. The number of unbranched alkanes of at least 4 members (excludes halogenated alkanes) is 1. The predicted octanol–water partition coefficient (Wildman–Crippen LogP) is 5.12. The maximum Gasteiger partial charge on any atom is 0.422 e.